The van der Waals surface area contributed by atoms with Gasteiger partial charge in [0.1, 0.15) is 0 Å². The van der Waals surface area contributed by atoms with E-state index in [4.69, 9.17) is 5.73 Å². The maximum atomic E-state index is 5.60. The van der Waals surface area contributed by atoms with Gasteiger partial charge in [0, 0.05) is 28.9 Å². The van der Waals surface area contributed by atoms with E-state index in [1.165, 1.54) is 5.56 Å². The summed E-state index contributed by atoms with van der Waals surface area (Å²) in [6, 6.07) is 8.15. The number of hydrogen-bond donors (Lipinski definition) is 2. The number of H-pyrrole nitrogens is 1. The Morgan fingerprint density at radius 1 is 1.24 bits per heavy atom. The molecule has 0 spiro atoms. The van der Waals surface area contributed by atoms with Gasteiger partial charge in [-0.3, -0.25) is 0 Å². The molecule has 3 N–H and O–H groups in total. The topological polar surface area (TPSA) is 67.6 Å². The Morgan fingerprint density at radius 2 is 2.12 bits per heavy atom. The zero-order valence-corrected chi connectivity index (χ0v) is 9.44. The Hall–Kier alpha value is -2.36. The first-order valence-corrected chi connectivity index (χ1v) is 5.41. The first-order chi connectivity index (χ1) is 8.24. The molecule has 0 fully saturated rings. The Labute approximate surface area is 98.5 Å². The van der Waals surface area contributed by atoms with Crippen LogP contribution in [0, 0.1) is 6.92 Å². The molecule has 3 rings (SSSR count). The van der Waals surface area contributed by atoms with Crippen LogP contribution in [0.1, 0.15) is 5.56 Å². The number of nitrogens with two attached hydrogens (primary N) is 1. The molecule has 2 aromatic heterocycles. The van der Waals surface area contributed by atoms with Crippen molar-refractivity contribution in [1.29, 1.82) is 0 Å². The van der Waals surface area contributed by atoms with Gasteiger partial charge in [0.2, 0.25) is 5.95 Å². The van der Waals surface area contributed by atoms with Crippen LogP contribution in [0.3, 0.4) is 0 Å². The number of hydrogen-bond acceptors (Lipinski definition) is 3. The molecule has 17 heavy (non-hydrogen) atoms. The molecule has 0 atom stereocenters. The summed E-state index contributed by atoms with van der Waals surface area (Å²) in [5.41, 5.74) is 9.83. The van der Waals surface area contributed by atoms with Gasteiger partial charge in [0.05, 0.1) is 5.69 Å². The van der Waals surface area contributed by atoms with Crippen molar-refractivity contribution in [1.82, 2.24) is 15.0 Å². The molecule has 0 aliphatic carbocycles. The number of nitrogens with one attached hydrogen (secondary N) is 1. The number of benzene rings is 1. The Morgan fingerprint density at radius 3 is 2.94 bits per heavy atom. The quantitative estimate of drug-likeness (QED) is 0.667. The van der Waals surface area contributed by atoms with Gasteiger partial charge in [-0.05, 0) is 24.6 Å². The van der Waals surface area contributed by atoms with E-state index in [2.05, 4.69) is 40.1 Å². The first-order valence-electron chi connectivity index (χ1n) is 5.41. The monoisotopic (exact) mass is 224 g/mol. The Kier molecular flexibility index (Phi) is 2.08. The second-order valence-electron chi connectivity index (χ2n) is 4.05. The van der Waals surface area contributed by atoms with Crippen LogP contribution in [0.15, 0.2) is 36.7 Å². The molecule has 0 saturated heterocycles. The zero-order chi connectivity index (χ0) is 11.8. The molecule has 0 aliphatic heterocycles. The lowest BCUT2D eigenvalue weighted by atomic mass is 10.1. The Balaban J connectivity index is 2.24. The summed E-state index contributed by atoms with van der Waals surface area (Å²) in [7, 11) is 0. The molecule has 2 heterocycles. The summed E-state index contributed by atoms with van der Waals surface area (Å²) < 4.78 is 0. The molecule has 0 radical (unpaired) electrons. The molecule has 84 valence electrons. The lowest BCUT2D eigenvalue weighted by Crippen LogP contribution is -1.94. The van der Waals surface area contributed by atoms with Crippen LogP contribution in [0.2, 0.25) is 0 Å². The van der Waals surface area contributed by atoms with Crippen molar-refractivity contribution < 1.29 is 0 Å². The smallest absolute Gasteiger partial charge is 0.220 e. The molecular weight excluding hydrogens is 212 g/mol. The standard InChI is InChI=1S/C13H12N4/c1-8-2-3-9-10(7-16-12(9)6-8)11-4-5-15-13(14)17-11/h2-7,16H,1H3,(H2,14,15,17). The molecule has 0 saturated carbocycles. The molecule has 1 aromatic carbocycles. The van der Waals surface area contributed by atoms with Crippen LogP contribution in [-0.2, 0) is 0 Å². The largest absolute Gasteiger partial charge is 0.368 e. The minimum atomic E-state index is 0.295. The van der Waals surface area contributed by atoms with Crippen LogP contribution in [0.5, 0.6) is 0 Å². The second kappa shape index (κ2) is 3.59. The van der Waals surface area contributed by atoms with Crippen LogP contribution in [-0.4, -0.2) is 15.0 Å². The summed E-state index contributed by atoms with van der Waals surface area (Å²) in [4.78, 5) is 11.4. The number of nitrogen functional groups attached to an aromatic ring is 1. The molecule has 4 nitrogen and oxygen atoms in total. The third-order valence-corrected chi connectivity index (χ3v) is 2.79. The summed E-state index contributed by atoms with van der Waals surface area (Å²) in [6.07, 6.45) is 3.62. The highest BCUT2D eigenvalue weighted by molar-refractivity contribution is 5.94. The predicted octanol–water partition coefficient (Wildman–Crippen LogP) is 2.52. The number of rotatable bonds is 1. The number of anilines is 1. The molecule has 0 unspecified atom stereocenters. The maximum Gasteiger partial charge on any atom is 0.220 e. The normalized spacial score (nSPS) is 10.9. The summed E-state index contributed by atoms with van der Waals surface area (Å²) >= 11 is 0. The maximum absolute atomic E-state index is 5.60. The molecule has 4 heteroatoms. The highest BCUT2D eigenvalue weighted by atomic mass is 15.0. The number of fused-ring (bicyclic) bond motifs is 1. The number of aromatic nitrogens is 3. The molecule has 3 aromatic rings. The second-order valence-corrected chi connectivity index (χ2v) is 4.05. The zero-order valence-electron chi connectivity index (χ0n) is 9.44. The van der Waals surface area contributed by atoms with Crippen LogP contribution in [0.25, 0.3) is 22.2 Å². The van der Waals surface area contributed by atoms with Crippen molar-refractivity contribution in [2.24, 2.45) is 0 Å². The predicted molar refractivity (Wildman–Crippen MR) is 68.5 cm³/mol. The van der Waals surface area contributed by atoms with Crippen molar-refractivity contribution >= 4 is 16.9 Å². The third kappa shape index (κ3) is 1.63. The van der Waals surface area contributed by atoms with Crippen molar-refractivity contribution in [2.75, 3.05) is 5.73 Å². The van der Waals surface area contributed by atoms with Crippen molar-refractivity contribution in [3.63, 3.8) is 0 Å². The molecule has 0 aliphatic rings. The number of aryl methyl sites for hydroxylation is 1. The van der Waals surface area contributed by atoms with E-state index in [0.717, 1.165) is 22.2 Å². The van der Waals surface area contributed by atoms with Crippen molar-refractivity contribution in [3.05, 3.63) is 42.2 Å². The average Bonchev–Trinajstić information content (AvgIpc) is 2.71. The number of nitrogens with zero attached hydrogens (tertiary/aromatic N) is 2. The lowest BCUT2D eigenvalue weighted by Gasteiger charge is -1.99. The van der Waals surface area contributed by atoms with Gasteiger partial charge in [-0.25, -0.2) is 9.97 Å². The van der Waals surface area contributed by atoms with Crippen molar-refractivity contribution in [3.8, 4) is 11.3 Å². The highest BCUT2D eigenvalue weighted by Crippen LogP contribution is 2.27. The third-order valence-electron chi connectivity index (χ3n) is 2.79. The molecule has 0 amide bonds. The lowest BCUT2D eigenvalue weighted by molar-refractivity contribution is 1.19. The summed E-state index contributed by atoms with van der Waals surface area (Å²) in [6.45, 7) is 2.07. The van der Waals surface area contributed by atoms with E-state index < -0.39 is 0 Å². The molecular formula is C13H12N4. The van der Waals surface area contributed by atoms with Gasteiger partial charge < -0.3 is 10.7 Å². The van der Waals surface area contributed by atoms with E-state index in [9.17, 15) is 0 Å². The molecule has 0 bridgehead atoms. The fourth-order valence-corrected chi connectivity index (χ4v) is 1.98. The van der Waals surface area contributed by atoms with Crippen LogP contribution in [0.4, 0.5) is 5.95 Å². The first kappa shape index (κ1) is 9.84. The minimum Gasteiger partial charge on any atom is -0.368 e. The SMILES string of the molecule is Cc1ccc2c(-c3ccnc(N)n3)c[nH]c2c1. The van der Waals surface area contributed by atoms with Crippen LogP contribution >= 0.6 is 0 Å². The van der Waals surface area contributed by atoms with Gasteiger partial charge in [-0.1, -0.05) is 12.1 Å². The minimum absolute atomic E-state index is 0.295. The van der Waals surface area contributed by atoms with Crippen molar-refractivity contribution in [2.45, 2.75) is 6.92 Å². The van der Waals surface area contributed by atoms with E-state index in [0.29, 0.717) is 5.95 Å². The Bertz CT molecular complexity index is 685. The number of aromatic amines is 1. The average molecular weight is 224 g/mol. The highest BCUT2D eigenvalue weighted by Gasteiger charge is 2.07. The summed E-state index contributed by atoms with van der Waals surface area (Å²) in [5, 5.41) is 1.15. The van der Waals surface area contributed by atoms with Gasteiger partial charge in [0.15, 0.2) is 0 Å². The van der Waals surface area contributed by atoms with Gasteiger partial charge in [-0.2, -0.15) is 0 Å². The fraction of sp³-hybridized carbons (Fsp3) is 0.0769. The van der Waals surface area contributed by atoms with Gasteiger partial charge in [-0.15, -0.1) is 0 Å². The van der Waals surface area contributed by atoms with E-state index in [1.807, 2.05) is 12.3 Å². The van der Waals surface area contributed by atoms with E-state index in [-0.39, 0.29) is 0 Å². The van der Waals surface area contributed by atoms with Gasteiger partial charge >= 0.3 is 0 Å². The van der Waals surface area contributed by atoms with Gasteiger partial charge in [0.25, 0.3) is 0 Å². The van der Waals surface area contributed by atoms with E-state index >= 15 is 0 Å². The van der Waals surface area contributed by atoms with Crippen LogP contribution < -0.4 is 5.73 Å². The fourth-order valence-electron chi connectivity index (χ4n) is 1.98. The summed E-state index contributed by atoms with van der Waals surface area (Å²) in [5.74, 6) is 0.295. The van der Waals surface area contributed by atoms with E-state index in [1.54, 1.807) is 6.20 Å².